The Morgan fingerprint density at radius 2 is 1.68 bits per heavy atom. The van der Waals surface area contributed by atoms with Crippen molar-refractivity contribution in [3.63, 3.8) is 0 Å². The van der Waals surface area contributed by atoms with Crippen LogP contribution in [0.3, 0.4) is 0 Å². The molecule has 3 rings (SSSR count). The Hall–Kier alpha value is -2.94. The molecule has 25 heavy (non-hydrogen) atoms. The molecule has 10 heteroatoms. The number of nitro benzene ring substituents is 1. The number of anilines is 1. The number of rotatable bonds is 2. The molecule has 1 aliphatic heterocycles. The van der Waals surface area contributed by atoms with E-state index in [1.165, 1.54) is 0 Å². The van der Waals surface area contributed by atoms with Gasteiger partial charge < -0.3 is 0 Å². The quantitative estimate of drug-likeness (QED) is 0.453. The van der Waals surface area contributed by atoms with Gasteiger partial charge in [0.05, 0.1) is 26.8 Å². The van der Waals surface area contributed by atoms with Gasteiger partial charge in [-0.25, -0.2) is 4.90 Å². The van der Waals surface area contributed by atoms with Crippen LogP contribution in [0, 0.1) is 10.1 Å². The summed E-state index contributed by atoms with van der Waals surface area (Å²) in [5.74, 6) is -2.12. The van der Waals surface area contributed by atoms with Crippen LogP contribution in [0.25, 0.3) is 0 Å². The van der Waals surface area contributed by atoms with Gasteiger partial charge in [0.2, 0.25) is 0 Å². The highest BCUT2D eigenvalue weighted by atomic mass is 35.5. The molecule has 6 nitrogen and oxygen atoms in total. The van der Waals surface area contributed by atoms with E-state index in [1.807, 2.05) is 0 Å². The third kappa shape index (κ3) is 2.62. The summed E-state index contributed by atoms with van der Waals surface area (Å²) in [6.07, 6.45) is -4.68. The van der Waals surface area contributed by atoms with E-state index < -0.39 is 45.3 Å². The van der Waals surface area contributed by atoms with Crippen molar-refractivity contribution >= 4 is 34.8 Å². The second-order valence-corrected chi connectivity index (χ2v) is 5.47. The lowest BCUT2D eigenvalue weighted by molar-refractivity contribution is -0.385. The van der Waals surface area contributed by atoms with E-state index in [0.29, 0.717) is 11.0 Å². The van der Waals surface area contributed by atoms with Gasteiger partial charge in [0.15, 0.2) is 0 Å². The zero-order valence-corrected chi connectivity index (χ0v) is 12.8. The molecule has 0 N–H and O–H groups in total. The molecule has 0 saturated carbocycles. The molecule has 0 saturated heterocycles. The van der Waals surface area contributed by atoms with Crippen LogP contribution in [0.2, 0.25) is 5.02 Å². The first kappa shape index (κ1) is 16.9. The molecule has 0 bridgehead atoms. The van der Waals surface area contributed by atoms with Gasteiger partial charge >= 0.3 is 6.18 Å². The molecule has 1 heterocycles. The molecule has 2 aromatic carbocycles. The van der Waals surface area contributed by atoms with E-state index in [0.717, 1.165) is 30.3 Å². The normalized spacial score (nSPS) is 14.0. The van der Waals surface area contributed by atoms with Crippen molar-refractivity contribution in [3.8, 4) is 0 Å². The van der Waals surface area contributed by atoms with Crippen molar-refractivity contribution in [1.29, 1.82) is 0 Å². The minimum absolute atomic E-state index is 0.201. The van der Waals surface area contributed by atoms with Crippen LogP contribution >= 0.6 is 11.6 Å². The fourth-order valence-electron chi connectivity index (χ4n) is 2.52. The molecule has 0 aromatic heterocycles. The summed E-state index contributed by atoms with van der Waals surface area (Å²) in [6, 6.07) is 5.58. The average molecular weight is 371 g/mol. The predicted octanol–water partition coefficient (Wildman–Crippen LogP) is 4.07. The maximum Gasteiger partial charge on any atom is 0.416 e. The van der Waals surface area contributed by atoms with Crippen LogP contribution in [0.1, 0.15) is 26.3 Å². The summed E-state index contributed by atoms with van der Waals surface area (Å²) in [5, 5.41) is 10.9. The Kier molecular flexibility index (Phi) is 3.76. The van der Waals surface area contributed by atoms with Crippen LogP contribution in [0.4, 0.5) is 24.5 Å². The molecule has 2 aromatic rings. The number of nitro groups is 1. The zero-order valence-electron chi connectivity index (χ0n) is 12.0. The van der Waals surface area contributed by atoms with Crippen molar-refractivity contribution in [2.75, 3.05) is 4.90 Å². The fourth-order valence-corrected chi connectivity index (χ4v) is 2.75. The lowest BCUT2D eigenvalue weighted by Gasteiger charge is -2.15. The zero-order chi connectivity index (χ0) is 18.5. The number of hydrogen-bond donors (Lipinski definition) is 0. The number of hydrogen-bond acceptors (Lipinski definition) is 4. The third-order valence-electron chi connectivity index (χ3n) is 3.59. The molecule has 0 atom stereocenters. The molecule has 0 spiro atoms. The van der Waals surface area contributed by atoms with Crippen LogP contribution in [-0.2, 0) is 6.18 Å². The minimum atomic E-state index is -4.68. The highest BCUT2D eigenvalue weighted by Crippen LogP contribution is 2.39. The number of nitrogens with zero attached hydrogens (tertiary/aromatic N) is 2. The largest absolute Gasteiger partial charge is 0.416 e. The Labute approximate surface area is 142 Å². The number of benzene rings is 2. The first-order chi connectivity index (χ1) is 11.6. The summed E-state index contributed by atoms with van der Waals surface area (Å²) >= 11 is 5.86. The highest BCUT2D eigenvalue weighted by Gasteiger charge is 2.44. The summed E-state index contributed by atoms with van der Waals surface area (Å²) < 4.78 is 38.5. The number of carbonyl (C=O) groups excluding carboxylic acids is 2. The predicted molar refractivity (Wildman–Crippen MR) is 80.7 cm³/mol. The first-order valence-electron chi connectivity index (χ1n) is 6.66. The van der Waals surface area contributed by atoms with Crippen molar-refractivity contribution < 1.29 is 27.7 Å². The number of carbonyl (C=O) groups is 2. The van der Waals surface area contributed by atoms with Gasteiger partial charge in [0.25, 0.3) is 17.5 Å². The Balaban J connectivity index is 2.18. The van der Waals surface area contributed by atoms with Crippen molar-refractivity contribution in [2.24, 2.45) is 0 Å². The van der Waals surface area contributed by atoms with Crippen LogP contribution in [-0.4, -0.2) is 16.7 Å². The molecule has 0 unspecified atom stereocenters. The maximum atomic E-state index is 12.8. The fraction of sp³-hybridized carbons (Fsp3) is 0.0667. The number of imide groups is 1. The third-order valence-corrected chi connectivity index (χ3v) is 3.91. The van der Waals surface area contributed by atoms with Crippen LogP contribution in [0.15, 0.2) is 36.4 Å². The van der Waals surface area contributed by atoms with Crippen molar-refractivity contribution in [2.45, 2.75) is 6.18 Å². The molecular formula is C15H6ClF3N2O4. The summed E-state index contributed by atoms with van der Waals surface area (Å²) in [5.41, 5.74) is -3.01. The number of fused-ring (bicyclic) bond motifs is 1. The molecule has 0 fully saturated rings. The monoisotopic (exact) mass is 370 g/mol. The van der Waals surface area contributed by atoms with E-state index in [2.05, 4.69) is 0 Å². The molecule has 2 amide bonds. The highest BCUT2D eigenvalue weighted by molar-refractivity contribution is 6.42. The Bertz CT molecular complexity index is 943. The lowest BCUT2D eigenvalue weighted by atomic mass is 10.1. The Morgan fingerprint density at radius 1 is 1.04 bits per heavy atom. The van der Waals surface area contributed by atoms with E-state index in [4.69, 9.17) is 11.6 Å². The summed E-state index contributed by atoms with van der Waals surface area (Å²) in [6.45, 7) is 0. The van der Waals surface area contributed by atoms with Gasteiger partial charge in [-0.2, -0.15) is 13.2 Å². The smallest absolute Gasteiger partial charge is 0.268 e. The van der Waals surface area contributed by atoms with E-state index in [9.17, 15) is 32.9 Å². The second kappa shape index (κ2) is 5.55. The standard InChI is InChI=1S/C15H6ClF3N2O4/c16-9-4-5-10(21(24)25)12-11(9)13(22)20(14(12)23)8-3-1-2-7(6-8)15(17,18)19/h1-6H. The van der Waals surface area contributed by atoms with E-state index in [-0.39, 0.29) is 10.7 Å². The topological polar surface area (TPSA) is 80.5 Å². The van der Waals surface area contributed by atoms with Crippen LogP contribution in [0.5, 0.6) is 0 Å². The van der Waals surface area contributed by atoms with Crippen molar-refractivity contribution in [3.05, 3.63) is 68.2 Å². The molecule has 0 radical (unpaired) electrons. The van der Waals surface area contributed by atoms with E-state index >= 15 is 0 Å². The van der Waals surface area contributed by atoms with Gasteiger partial charge in [-0.3, -0.25) is 19.7 Å². The molecular weight excluding hydrogens is 365 g/mol. The number of halogens is 4. The van der Waals surface area contributed by atoms with Gasteiger partial charge in [-0.05, 0) is 24.3 Å². The van der Waals surface area contributed by atoms with E-state index in [1.54, 1.807) is 0 Å². The number of alkyl halides is 3. The summed E-state index contributed by atoms with van der Waals surface area (Å²) in [7, 11) is 0. The molecule has 1 aliphatic rings. The molecule has 128 valence electrons. The maximum absolute atomic E-state index is 12.8. The van der Waals surface area contributed by atoms with Gasteiger partial charge in [-0.15, -0.1) is 0 Å². The minimum Gasteiger partial charge on any atom is -0.268 e. The van der Waals surface area contributed by atoms with Crippen molar-refractivity contribution in [1.82, 2.24) is 0 Å². The average Bonchev–Trinajstić information content (AvgIpc) is 2.79. The second-order valence-electron chi connectivity index (χ2n) is 5.07. The van der Waals surface area contributed by atoms with Gasteiger partial charge in [-0.1, -0.05) is 17.7 Å². The lowest BCUT2D eigenvalue weighted by Crippen LogP contribution is -2.29. The SMILES string of the molecule is O=C1c2c(Cl)ccc([N+](=O)[O-])c2C(=O)N1c1cccc(C(F)(F)F)c1. The first-order valence-corrected chi connectivity index (χ1v) is 7.03. The van der Waals surface area contributed by atoms with Gasteiger partial charge in [0, 0.05) is 6.07 Å². The van der Waals surface area contributed by atoms with Crippen LogP contribution < -0.4 is 4.90 Å². The summed E-state index contributed by atoms with van der Waals surface area (Å²) in [4.78, 5) is 35.7. The number of amides is 2. The van der Waals surface area contributed by atoms with Gasteiger partial charge in [0.1, 0.15) is 5.56 Å². The molecule has 0 aliphatic carbocycles. The Morgan fingerprint density at radius 3 is 2.28 bits per heavy atom.